The molecule has 9 heteroatoms. The summed E-state index contributed by atoms with van der Waals surface area (Å²) < 4.78 is 15.5. The highest BCUT2D eigenvalue weighted by Gasteiger charge is 2.47. The number of aromatic nitrogens is 4. The van der Waals surface area contributed by atoms with Crippen molar-refractivity contribution in [2.45, 2.75) is 31.7 Å². The van der Waals surface area contributed by atoms with E-state index in [1.807, 2.05) is 30.3 Å². The van der Waals surface area contributed by atoms with Gasteiger partial charge in [-0.3, -0.25) is 14.2 Å². The summed E-state index contributed by atoms with van der Waals surface area (Å²) in [5.41, 5.74) is 1.83. The average Bonchev–Trinajstić information content (AvgIpc) is 3.29. The number of fused-ring (bicyclic) bond motifs is 4. The zero-order valence-corrected chi connectivity index (χ0v) is 18.8. The summed E-state index contributed by atoms with van der Waals surface area (Å²) in [4.78, 5) is 37.5. The summed E-state index contributed by atoms with van der Waals surface area (Å²) in [6.45, 7) is 0. The summed E-state index contributed by atoms with van der Waals surface area (Å²) in [5, 5.41) is 13.8. The van der Waals surface area contributed by atoms with Crippen LogP contribution in [0.5, 0.6) is 0 Å². The number of carboxylic acid groups (broad SMARTS) is 1. The largest absolute Gasteiger partial charge is 0.481 e. The third-order valence-electron chi connectivity index (χ3n) is 7.52. The maximum atomic E-state index is 14.0. The number of halogens is 1. The number of aromatic amines is 1. The van der Waals surface area contributed by atoms with Crippen LogP contribution in [0.25, 0.3) is 28.0 Å². The van der Waals surface area contributed by atoms with Crippen LogP contribution in [0, 0.1) is 23.6 Å². The van der Waals surface area contributed by atoms with Crippen molar-refractivity contribution >= 4 is 22.8 Å². The molecule has 0 unspecified atom stereocenters. The first kappa shape index (κ1) is 21.5. The first-order valence-electron chi connectivity index (χ1n) is 11.8. The zero-order valence-electron chi connectivity index (χ0n) is 18.8. The fourth-order valence-corrected chi connectivity index (χ4v) is 5.86. The van der Waals surface area contributed by atoms with Gasteiger partial charge in [-0.05, 0) is 55.7 Å². The third kappa shape index (κ3) is 3.67. The van der Waals surface area contributed by atoms with Gasteiger partial charge in [-0.25, -0.2) is 14.4 Å². The number of nitrogens with zero attached hydrogens (tertiary/aromatic N) is 3. The number of para-hydroxylation sites is 1. The van der Waals surface area contributed by atoms with E-state index in [2.05, 4.69) is 20.3 Å². The molecule has 7 rings (SSSR count). The molecule has 35 heavy (non-hydrogen) atoms. The molecule has 3 fully saturated rings. The van der Waals surface area contributed by atoms with Gasteiger partial charge in [0.15, 0.2) is 5.82 Å². The average molecular weight is 474 g/mol. The van der Waals surface area contributed by atoms with E-state index < -0.39 is 17.7 Å². The Kier molecular flexibility index (Phi) is 5.12. The Morgan fingerprint density at radius 2 is 1.89 bits per heavy atom. The zero-order chi connectivity index (χ0) is 24.1. The Labute approximate surface area is 199 Å². The summed E-state index contributed by atoms with van der Waals surface area (Å²) >= 11 is 0. The Morgan fingerprint density at radius 3 is 2.63 bits per heavy atom. The minimum absolute atomic E-state index is 0.0915. The minimum atomic E-state index is -0.838. The fraction of sp³-hybridized carbons (Fsp3) is 0.308. The van der Waals surface area contributed by atoms with Gasteiger partial charge in [0.2, 0.25) is 0 Å². The number of benzene rings is 1. The number of carbonyl (C=O) groups is 1. The number of hydrogen-bond donors (Lipinski definition) is 3. The quantitative estimate of drug-likeness (QED) is 0.400. The van der Waals surface area contributed by atoms with Gasteiger partial charge >= 0.3 is 5.97 Å². The molecule has 2 atom stereocenters. The molecular weight excluding hydrogens is 449 g/mol. The molecule has 3 N–H and O–H groups in total. The summed E-state index contributed by atoms with van der Waals surface area (Å²) in [6.07, 6.45) is 8.12. The van der Waals surface area contributed by atoms with E-state index in [4.69, 9.17) is 0 Å². The van der Waals surface area contributed by atoms with Crippen molar-refractivity contribution in [2.75, 3.05) is 5.32 Å². The van der Waals surface area contributed by atoms with Crippen LogP contribution in [0.1, 0.15) is 25.7 Å². The van der Waals surface area contributed by atoms with Gasteiger partial charge < -0.3 is 15.4 Å². The highest BCUT2D eigenvalue weighted by Crippen LogP contribution is 2.46. The van der Waals surface area contributed by atoms with E-state index >= 15 is 0 Å². The molecule has 0 aliphatic heterocycles. The van der Waals surface area contributed by atoms with Crippen molar-refractivity contribution in [3.8, 4) is 16.9 Å². The van der Waals surface area contributed by atoms with Gasteiger partial charge in [-0.2, -0.15) is 0 Å². The molecule has 1 aromatic carbocycles. The number of anilines is 1. The summed E-state index contributed by atoms with van der Waals surface area (Å²) in [7, 11) is 0. The molecule has 2 bridgehead atoms. The van der Waals surface area contributed by atoms with E-state index in [9.17, 15) is 19.1 Å². The van der Waals surface area contributed by atoms with Crippen molar-refractivity contribution in [3.05, 3.63) is 71.2 Å². The standard InChI is InChI=1S/C26H24FN5O3/c27-16-10-18-19(12-29-23(18)28-11-16)20-13-32(17-4-2-1-3-5-17)25(33)24(30-20)31-22-15-8-6-14(7-9-15)21(22)26(34)35/h1-5,10-15,21-22H,6-9H2,(H,28,29)(H,30,31)(H,34,35)/t14?,15?,21-,22-/m0/s1. The van der Waals surface area contributed by atoms with Gasteiger partial charge in [0.25, 0.3) is 5.56 Å². The molecule has 0 radical (unpaired) electrons. The molecular formula is C26H24FN5O3. The van der Waals surface area contributed by atoms with Crippen molar-refractivity contribution in [1.82, 2.24) is 19.5 Å². The van der Waals surface area contributed by atoms with Crippen molar-refractivity contribution < 1.29 is 14.3 Å². The fourth-order valence-electron chi connectivity index (χ4n) is 5.86. The maximum Gasteiger partial charge on any atom is 0.308 e. The molecule has 4 aromatic rings. The Bertz CT molecular complexity index is 1470. The number of aliphatic carboxylic acids is 1. The van der Waals surface area contributed by atoms with Crippen LogP contribution in [-0.2, 0) is 4.79 Å². The highest BCUT2D eigenvalue weighted by atomic mass is 19.1. The van der Waals surface area contributed by atoms with Crippen molar-refractivity contribution in [3.63, 3.8) is 0 Å². The van der Waals surface area contributed by atoms with Gasteiger partial charge in [0, 0.05) is 35.1 Å². The van der Waals surface area contributed by atoms with Crippen LogP contribution in [0.3, 0.4) is 0 Å². The van der Waals surface area contributed by atoms with Crippen LogP contribution in [-0.4, -0.2) is 36.6 Å². The first-order valence-corrected chi connectivity index (χ1v) is 11.8. The topological polar surface area (TPSA) is 113 Å². The second-order valence-electron chi connectivity index (χ2n) is 9.45. The number of H-pyrrole nitrogens is 1. The van der Waals surface area contributed by atoms with Gasteiger partial charge in [-0.1, -0.05) is 18.2 Å². The number of nitrogens with one attached hydrogen (secondary N) is 2. The molecule has 3 heterocycles. The maximum absolute atomic E-state index is 14.0. The first-order chi connectivity index (χ1) is 17.0. The summed E-state index contributed by atoms with van der Waals surface area (Å²) in [6, 6.07) is 10.2. The molecule has 3 aromatic heterocycles. The third-order valence-corrected chi connectivity index (χ3v) is 7.52. The van der Waals surface area contributed by atoms with Crippen LogP contribution >= 0.6 is 0 Å². The minimum Gasteiger partial charge on any atom is -0.481 e. The predicted molar refractivity (Wildman–Crippen MR) is 129 cm³/mol. The lowest BCUT2D eigenvalue weighted by Gasteiger charge is -2.47. The normalized spacial score (nSPS) is 23.5. The lowest BCUT2D eigenvalue weighted by Crippen LogP contribution is -2.52. The van der Waals surface area contributed by atoms with Gasteiger partial charge in [0.05, 0.1) is 17.8 Å². The number of hydrogen-bond acceptors (Lipinski definition) is 5. The Balaban J connectivity index is 1.51. The van der Waals surface area contributed by atoms with E-state index in [0.717, 1.165) is 31.9 Å². The SMILES string of the molecule is O=C(O)[C@H]1C2CCC(CC2)[C@@H]1Nc1nc(-c2c[nH]c3ncc(F)cc23)cn(-c2ccccc2)c1=O. The number of carboxylic acids is 1. The number of rotatable bonds is 5. The van der Waals surface area contributed by atoms with Gasteiger partial charge in [-0.15, -0.1) is 0 Å². The van der Waals surface area contributed by atoms with E-state index in [0.29, 0.717) is 28.0 Å². The molecule has 0 saturated heterocycles. The molecule has 3 aliphatic carbocycles. The smallest absolute Gasteiger partial charge is 0.308 e. The van der Waals surface area contributed by atoms with Crippen LogP contribution in [0.2, 0.25) is 0 Å². The second-order valence-corrected chi connectivity index (χ2v) is 9.45. The molecule has 178 valence electrons. The molecule has 3 saturated carbocycles. The monoisotopic (exact) mass is 473 g/mol. The van der Waals surface area contributed by atoms with Crippen molar-refractivity contribution in [1.29, 1.82) is 0 Å². The second kappa shape index (κ2) is 8.33. The Hall–Kier alpha value is -4.01. The molecule has 8 nitrogen and oxygen atoms in total. The Morgan fingerprint density at radius 1 is 1.14 bits per heavy atom. The van der Waals surface area contributed by atoms with E-state index in [-0.39, 0.29) is 29.3 Å². The molecule has 3 aliphatic rings. The van der Waals surface area contributed by atoms with Crippen LogP contribution in [0.15, 0.2) is 59.8 Å². The van der Waals surface area contributed by atoms with Crippen molar-refractivity contribution in [2.24, 2.45) is 17.8 Å². The predicted octanol–water partition coefficient (Wildman–Crippen LogP) is 4.22. The van der Waals surface area contributed by atoms with Crippen LogP contribution in [0.4, 0.5) is 10.2 Å². The lowest BCUT2D eigenvalue weighted by atomic mass is 9.61. The van der Waals surface area contributed by atoms with E-state index in [1.54, 1.807) is 12.4 Å². The van der Waals surface area contributed by atoms with E-state index in [1.165, 1.54) is 10.6 Å². The summed E-state index contributed by atoms with van der Waals surface area (Å²) in [5.74, 6) is -1.53. The highest BCUT2D eigenvalue weighted by molar-refractivity contribution is 5.92. The number of pyridine rings is 1. The van der Waals surface area contributed by atoms with Gasteiger partial charge in [0.1, 0.15) is 11.5 Å². The lowest BCUT2D eigenvalue weighted by molar-refractivity contribution is -0.148. The molecule has 0 amide bonds. The van der Waals surface area contributed by atoms with Crippen LogP contribution < -0.4 is 10.9 Å². The molecule has 0 spiro atoms.